The van der Waals surface area contributed by atoms with Gasteiger partial charge in [-0.15, -0.1) is 0 Å². The third-order valence-electron chi connectivity index (χ3n) is 3.15. The molecule has 18 heavy (non-hydrogen) atoms. The normalized spacial score (nSPS) is 13.2. The number of nitrogens with two attached hydrogens (primary N) is 1. The predicted octanol–water partition coefficient (Wildman–Crippen LogP) is 1.35. The number of primary amides is 1. The molecule has 92 valence electrons. The second-order valence-electron chi connectivity index (χ2n) is 4.23. The Hall–Kier alpha value is -2.30. The Kier molecular flexibility index (Phi) is 2.33. The summed E-state index contributed by atoms with van der Waals surface area (Å²) < 4.78 is 7.65. The van der Waals surface area contributed by atoms with Gasteiger partial charge in [-0.25, -0.2) is 4.98 Å². The fraction of sp³-hybridized carbons (Fsp3) is 0.231. The van der Waals surface area contributed by atoms with Crippen molar-refractivity contribution in [3.8, 4) is 17.1 Å². The molecule has 0 aliphatic carbocycles. The maximum atomic E-state index is 11.4. The fourth-order valence-electron chi connectivity index (χ4n) is 2.27. The van der Waals surface area contributed by atoms with E-state index in [-0.39, 0.29) is 0 Å². The summed E-state index contributed by atoms with van der Waals surface area (Å²) in [6, 6.07) is 7.67. The van der Waals surface area contributed by atoms with E-state index in [4.69, 9.17) is 10.5 Å². The van der Waals surface area contributed by atoms with Crippen LogP contribution in [0.3, 0.4) is 0 Å². The van der Waals surface area contributed by atoms with Crippen molar-refractivity contribution in [2.75, 3.05) is 6.61 Å². The molecule has 1 aliphatic heterocycles. The van der Waals surface area contributed by atoms with Crippen LogP contribution in [-0.4, -0.2) is 22.1 Å². The number of fused-ring (bicyclic) bond motifs is 3. The average molecular weight is 243 g/mol. The Balaban J connectivity index is 2.27. The first-order valence-corrected chi connectivity index (χ1v) is 5.77. The van der Waals surface area contributed by atoms with Crippen molar-refractivity contribution in [2.45, 2.75) is 13.5 Å². The number of para-hydroxylation sites is 1. The van der Waals surface area contributed by atoms with Crippen LogP contribution in [0, 0.1) is 6.92 Å². The van der Waals surface area contributed by atoms with Crippen LogP contribution in [-0.2, 0) is 6.54 Å². The number of benzene rings is 1. The highest BCUT2D eigenvalue weighted by molar-refractivity contribution is 5.93. The highest BCUT2D eigenvalue weighted by Crippen LogP contribution is 2.32. The first-order chi connectivity index (χ1) is 8.68. The second-order valence-corrected chi connectivity index (χ2v) is 4.23. The average Bonchev–Trinajstić information content (AvgIpc) is 2.57. The lowest BCUT2D eigenvalue weighted by molar-refractivity contribution is 0.0995. The molecule has 2 aromatic rings. The Morgan fingerprint density at radius 3 is 3.00 bits per heavy atom. The number of rotatable bonds is 1. The van der Waals surface area contributed by atoms with Crippen molar-refractivity contribution in [3.63, 3.8) is 0 Å². The zero-order chi connectivity index (χ0) is 12.7. The predicted molar refractivity (Wildman–Crippen MR) is 66.4 cm³/mol. The topological polar surface area (TPSA) is 70.1 Å². The van der Waals surface area contributed by atoms with E-state index in [2.05, 4.69) is 4.98 Å². The van der Waals surface area contributed by atoms with E-state index in [1.54, 1.807) is 0 Å². The Labute approximate surface area is 104 Å². The minimum absolute atomic E-state index is 0.335. The van der Waals surface area contributed by atoms with Crippen molar-refractivity contribution in [3.05, 3.63) is 35.7 Å². The third-order valence-corrected chi connectivity index (χ3v) is 3.15. The molecule has 0 saturated heterocycles. The number of aromatic nitrogens is 2. The quantitative estimate of drug-likeness (QED) is 0.821. The molecule has 0 atom stereocenters. The van der Waals surface area contributed by atoms with Gasteiger partial charge in [0.05, 0.1) is 12.1 Å². The van der Waals surface area contributed by atoms with Crippen LogP contribution in [0.1, 0.15) is 16.2 Å². The van der Waals surface area contributed by atoms with E-state index in [0.29, 0.717) is 18.8 Å². The van der Waals surface area contributed by atoms with Crippen molar-refractivity contribution in [1.82, 2.24) is 9.55 Å². The Bertz CT molecular complexity index is 631. The van der Waals surface area contributed by atoms with Crippen LogP contribution in [0.2, 0.25) is 0 Å². The largest absolute Gasteiger partial charge is 0.491 e. The molecule has 5 heteroatoms. The molecule has 0 fully saturated rings. The molecule has 0 saturated carbocycles. The van der Waals surface area contributed by atoms with Crippen LogP contribution in [0.25, 0.3) is 11.4 Å². The minimum atomic E-state index is -0.494. The van der Waals surface area contributed by atoms with Gasteiger partial charge in [0, 0.05) is 5.69 Å². The van der Waals surface area contributed by atoms with Gasteiger partial charge in [0.15, 0.2) is 0 Å². The summed E-state index contributed by atoms with van der Waals surface area (Å²) in [5.41, 5.74) is 7.36. The van der Waals surface area contributed by atoms with Crippen LogP contribution >= 0.6 is 0 Å². The molecular formula is C13H13N3O2. The number of nitrogens with zero attached hydrogens (tertiary/aromatic N) is 2. The SMILES string of the molecule is Cc1c(C(N)=O)nc2n1CCOc1ccccc1-2. The van der Waals surface area contributed by atoms with Gasteiger partial charge < -0.3 is 15.0 Å². The van der Waals surface area contributed by atoms with Gasteiger partial charge in [-0.2, -0.15) is 0 Å². The summed E-state index contributed by atoms with van der Waals surface area (Å²) >= 11 is 0. The van der Waals surface area contributed by atoms with Crippen molar-refractivity contribution < 1.29 is 9.53 Å². The number of carbonyl (C=O) groups excluding carboxylic acids is 1. The summed E-state index contributed by atoms with van der Waals surface area (Å²) in [6.07, 6.45) is 0. The summed E-state index contributed by atoms with van der Waals surface area (Å²) in [7, 11) is 0. The number of hydrogen-bond acceptors (Lipinski definition) is 3. The number of imidazole rings is 1. The van der Waals surface area contributed by atoms with E-state index in [1.165, 1.54) is 0 Å². The van der Waals surface area contributed by atoms with Crippen molar-refractivity contribution >= 4 is 5.91 Å². The van der Waals surface area contributed by atoms with E-state index in [0.717, 1.165) is 22.8 Å². The van der Waals surface area contributed by atoms with Gasteiger partial charge >= 0.3 is 0 Å². The van der Waals surface area contributed by atoms with Crippen LogP contribution < -0.4 is 10.5 Å². The molecule has 2 heterocycles. The maximum absolute atomic E-state index is 11.4. The fourth-order valence-corrected chi connectivity index (χ4v) is 2.27. The number of carbonyl (C=O) groups is 1. The molecule has 2 N–H and O–H groups in total. The monoisotopic (exact) mass is 243 g/mol. The summed E-state index contributed by atoms with van der Waals surface area (Å²) in [5, 5.41) is 0. The standard InChI is InChI=1S/C13H13N3O2/c1-8-11(12(14)17)15-13-9-4-2-3-5-10(9)18-7-6-16(8)13/h2-5H,6-7H2,1H3,(H2,14,17). The lowest BCUT2D eigenvalue weighted by Crippen LogP contribution is -2.14. The number of ether oxygens (including phenoxy) is 1. The molecule has 5 nitrogen and oxygen atoms in total. The molecule has 1 amide bonds. The Morgan fingerprint density at radius 2 is 2.22 bits per heavy atom. The smallest absolute Gasteiger partial charge is 0.269 e. The third kappa shape index (κ3) is 1.48. The van der Waals surface area contributed by atoms with E-state index < -0.39 is 5.91 Å². The molecule has 3 rings (SSSR count). The van der Waals surface area contributed by atoms with Crippen LogP contribution in [0.15, 0.2) is 24.3 Å². The van der Waals surface area contributed by atoms with Gasteiger partial charge in [0.2, 0.25) is 0 Å². The highest BCUT2D eigenvalue weighted by atomic mass is 16.5. The Morgan fingerprint density at radius 1 is 1.44 bits per heavy atom. The molecule has 0 spiro atoms. The van der Waals surface area contributed by atoms with Gasteiger partial charge in [0.25, 0.3) is 5.91 Å². The number of hydrogen-bond donors (Lipinski definition) is 1. The zero-order valence-corrected chi connectivity index (χ0v) is 10.0. The van der Waals surface area contributed by atoms with Crippen LogP contribution in [0.5, 0.6) is 5.75 Å². The van der Waals surface area contributed by atoms with Gasteiger partial charge in [-0.1, -0.05) is 12.1 Å². The van der Waals surface area contributed by atoms with Gasteiger partial charge in [-0.05, 0) is 19.1 Å². The maximum Gasteiger partial charge on any atom is 0.269 e. The van der Waals surface area contributed by atoms with Gasteiger partial charge in [0.1, 0.15) is 23.9 Å². The van der Waals surface area contributed by atoms with Crippen molar-refractivity contribution in [2.24, 2.45) is 5.73 Å². The second kappa shape index (κ2) is 3.87. The molecule has 0 unspecified atom stereocenters. The van der Waals surface area contributed by atoms with Crippen molar-refractivity contribution in [1.29, 1.82) is 0 Å². The van der Waals surface area contributed by atoms with E-state index >= 15 is 0 Å². The number of amides is 1. The molecule has 1 aromatic heterocycles. The summed E-state index contributed by atoms with van der Waals surface area (Å²) in [4.78, 5) is 15.7. The molecular weight excluding hydrogens is 230 g/mol. The zero-order valence-electron chi connectivity index (χ0n) is 10.0. The lowest BCUT2D eigenvalue weighted by Gasteiger charge is -2.04. The van der Waals surface area contributed by atoms with Gasteiger partial charge in [-0.3, -0.25) is 4.79 Å². The first-order valence-electron chi connectivity index (χ1n) is 5.77. The molecule has 0 bridgehead atoms. The summed E-state index contributed by atoms with van der Waals surface area (Å²) in [6.45, 7) is 3.07. The van der Waals surface area contributed by atoms with E-state index in [9.17, 15) is 4.79 Å². The van der Waals surface area contributed by atoms with Crippen LogP contribution in [0.4, 0.5) is 0 Å². The minimum Gasteiger partial charge on any atom is -0.491 e. The lowest BCUT2D eigenvalue weighted by atomic mass is 10.2. The summed E-state index contributed by atoms with van der Waals surface area (Å²) in [5.74, 6) is 1.04. The molecule has 1 aromatic carbocycles. The first kappa shape index (κ1) is 10.8. The molecule has 1 aliphatic rings. The van der Waals surface area contributed by atoms with E-state index in [1.807, 2.05) is 35.8 Å². The highest BCUT2D eigenvalue weighted by Gasteiger charge is 2.22. The molecule has 0 radical (unpaired) electrons.